The number of anilines is 1. The van der Waals surface area contributed by atoms with E-state index in [4.69, 9.17) is 0 Å². The molecule has 3 N–H and O–H groups in total. The Labute approximate surface area is 151 Å². The van der Waals surface area contributed by atoms with Gasteiger partial charge in [-0.05, 0) is 44.5 Å². The highest BCUT2D eigenvalue weighted by Crippen LogP contribution is 2.20. The summed E-state index contributed by atoms with van der Waals surface area (Å²) in [6, 6.07) is 9.52. The number of benzene rings is 1. The molecule has 0 spiro atoms. The van der Waals surface area contributed by atoms with Crippen molar-refractivity contribution in [3.05, 3.63) is 48.0 Å². The smallest absolute Gasteiger partial charge is 0.276 e. The molecule has 1 atom stereocenters. The zero-order valence-corrected chi connectivity index (χ0v) is 14.6. The third-order valence-electron chi connectivity index (χ3n) is 4.46. The minimum atomic E-state index is -0.226. The second kappa shape index (κ2) is 7.09. The van der Waals surface area contributed by atoms with Gasteiger partial charge in [-0.1, -0.05) is 12.1 Å². The zero-order valence-electron chi connectivity index (χ0n) is 14.6. The van der Waals surface area contributed by atoms with Crippen LogP contribution in [0.25, 0.3) is 11.4 Å². The van der Waals surface area contributed by atoms with E-state index in [-0.39, 0.29) is 5.91 Å². The summed E-state index contributed by atoms with van der Waals surface area (Å²) in [5.74, 6) is 1.13. The van der Waals surface area contributed by atoms with Crippen molar-refractivity contribution in [3.8, 4) is 11.4 Å². The first-order valence-corrected chi connectivity index (χ1v) is 8.76. The normalized spacial score (nSPS) is 17.2. The second-order valence-corrected chi connectivity index (χ2v) is 6.46. The molecule has 1 amide bonds. The largest absolute Gasteiger partial charge is 0.321 e. The van der Waals surface area contributed by atoms with Crippen LogP contribution in [0.4, 0.5) is 5.69 Å². The van der Waals surface area contributed by atoms with E-state index >= 15 is 0 Å². The monoisotopic (exact) mass is 351 g/mol. The number of carbonyl (C=O) groups is 1. The van der Waals surface area contributed by atoms with E-state index in [1.165, 1.54) is 0 Å². The third-order valence-corrected chi connectivity index (χ3v) is 4.46. The van der Waals surface area contributed by atoms with Gasteiger partial charge < -0.3 is 10.6 Å². The molecule has 1 aliphatic rings. The van der Waals surface area contributed by atoms with Gasteiger partial charge in [-0.2, -0.15) is 10.2 Å². The molecule has 3 aromatic rings. The molecule has 8 nitrogen and oxygen atoms in total. The maximum absolute atomic E-state index is 12.5. The predicted molar refractivity (Wildman–Crippen MR) is 97.9 cm³/mol. The molecule has 1 saturated heterocycles. The van der Waals surface area contributed by atoms with Crippen LogP contribution in [0.3, 0.4) is 0 Å². The summed E-state index contributed by atoms with van der Waals surface area (Å²) in [5, 5.41) is 17.7. The first kappa shape index (κ1) is 16.5. The average Bonchev–Trinajstić information content (AvgIpc) is 3.32. The maximum atomic E-state index is 12.5. The molecule has 1 aromatic carbocycles. The van der Waals surface area contributed by atoms with Gasteiger partial charge in [0.15, 0.2) is 11.5 Å². The van der Waals surface area contributed by atoms with E-state index in [9.17, 15) is 4.79 Å². The van der Waals surface area contributed by atoms with Crippen LogP contribution in [0.1, 0.15) is 35.2 Å². The van der Waals surface area contributed by atoms with Gasteiger partial charge >= 0.3 is 0 Å². The highest BCUT2D eigenvalue weighted by atomic mass is 16.1. The molecule has 0 radical (unpaired) electrons. The van der Waals surface area contributed by atoms with E-state index in [1.807, 2.05) is 42.1 Å². The van der Waals surface area contributed by atoms with E-state index in [0.717, 1.165) is 37.3 Å². The van der Waals surface area contributed by atoms with Gasteiger partial charge in [-0.15, -0.1) is 0 Å². The molecule has 1 fully saturated rings. The minimum absolute atomic E-state index is 0.226. The van der Waals surface area contributed by atoms with Crippen molar-refractivity contribution >= 4 is 11.6 Å². The van der Waals surface area contributed by atoms with Crippen molar-refractivity contribution in [3.63, 3.8) is 0 Å². The summed E-state index contributed by atoms with van der Waals surface area (Å²) >= 11 is 0. The first-order chi connectivity index (χ1) is 12.7. The highest BCUT2D eigenvalue weighted by molar-refractivity contribution is 6.03. The Balaban J connectivity index is 1.47. The number of amides is 1. The van der Waals surface area contributed by atoms with Gasteiger partial charge in [0.25, 0.3) is 5.91 Å². The molecule has 8 heteroatoms. The Morgan fingerprint density at radius 1 is 1.35 bits per heavy atom. The van der Waals surface area contributed by atoms with Gasteiger partial charge in [0.05, 0.1) is 6.04 Å². The lowest BCUT2D eigenvalue weighted by molar-refractivity contribution is 0.102. The maximum Gasteiger partial charge on any atom is 0.276 e. The Bertz CT molecular complexity index is 908. The topological polar surface area (TPSA) is 101 Å². The van der Waals surface area contributed by atoms with Crippen molar-refractivity contribution in [1.29, 1.82) is 0 Å². The Kier molecular flexibility index (Phi) is 4.49. The van der Waals surface area contributed by atoms with Crippen molar-refractivity contribution in [2.24, 2.45) is 0 Å². The van der Waals surface area contributed by atoms with Gasteiger partial charge in [-0.25, -0.2) is 4.98 Å². The van der Waals surface area contributed by atoms with E-state index in [2.05, 4.69) is 30.9 Å². The van der Waals surface area contributed by atoms with Gasteiger partial charge in [0.2, 0.25) is 0 Å². The van der Waals surface area contributed by atoms with Crippen molar-refractivity contribution in [1.82, 2.24) is 30.3 Å². The molecular weight excluding hydrogens is 330 g/mol. The van der Waals surface area contributed by atoms with Crippen molar-refractivity contribution < 1.29 is 4.79 Å². The number of hydrogen-bond acceptors (Lipinski definition) is 5. The number of aromatic nitrogens is 5. The number of aryl methyl sites for hydroxylation is 1. The summed E-state index contributed by atoms with van der Waals surface area (Å²) in [6.07, 6.45) is 4.08. The van der Waals surface area contributed by atoms with Crippen LogP contribution in [0.2, 0.25) is 0 Å². The van der Waals surface area contributed by atoms with Crippen LogP contribution in [0, 0.1) is 6.92 Å². The Morgan fingerprint density at radius 3 is 3.04 bits per heavy atom. The highest BCUT2D eigenvalue weighted by Gasteiger charge is 2.18. The van der Waals surface area contributed by atoms with Crippen molar-refractivity contribution in [2.75, 3.05) is 18.4 Å². The summed E-state index contributed by atoms with van der Waals surface area (Å²) in [5.41, 5.74) is 1.93. The third kappa shape index (κ3) is 3.50. The summed E-state index contributed by atoms with van der Waals surface area (Å²) in [7, 11) is 0. The summed E-state index contributed by atoms with van der Waals surface area (Å²) in [6.45, 7) is 3.78. The minimum Gasteiger partial charge on any atom is -0.321 e. The zero-order chi connectivity index (χ0) is 17.9. The van der Waals surface area contributed by atoms with E-state index < -0.39 is 0 Å². The van der Waals surface area contributed by atoms with E-state index in [1.54, 1.807) is 6.07 Å². The lowest BCUT2D eigenvalue weighted by Gasteiger charge is -2.22. The van der Waals surface area contributed by atoms with Gasteiger partial charge in [-0.3, -0.25) is 14.6 Å². The van der Waals surface area contributed by atoms with Crippen LogP contribution >= 0.6 is 0 Å². The number of nitrogens with zero attached hydrogens (tertiary/aromatic N) is 4. The van der Waals surface area contributed by atoms with Crippen LogP contribution in [0.15, 0.2) is 36.5 Å². The fraction of sp³-hybridized carbons (Fsp3) is 0.333. The van der Waals surface area contributed by atoms with E-state index in [0.29, 0.717) is 23.2 Å². The molecule has 134 valence electrons. The fourth-order valence-corrected chi connectivity index (χ4v) is 3.12. The van der Waals surface area contributed by atoms with Crippen LogP contribution < -0.4 is 10.6 Å². The number of rotatable bonds is 4. The van der Waals surface area contributed by atoms with Gasteiger partial charge in [0.1, 0.15) is 5.82 Å². The SMILES string of the molecule is Cc1nc(-c2cccc(NC(=O)c3ccn(C4CCCNC4)n3)c2)n[nH]1. The molecule has 0 bridgehead atoms. The molecule has 0 aliphatic carbocycles. The Hall–Kier alpha value is -3.00. The summed E-state index contributed by atoms with van der Waals surface area (Å²) in [4.78, 5) is 16.8. The molecule has 26 heavy (non-hydrogen) atoms. The van der Waals surface area contributed by atoms with Gasteiger partial charge in [0, 0.05) is 24.0 Å². The predicted octanol–water partition coefficient (Wildman–Crippen LogP) is 2.15. The molecule has 1 aliphatic heterocycles. The quantitative estimate of drug-likeness (QED) is 0.669. The standard InChI is InChI=1S/C18H21N7O/c1-12-20-17(23-22-12)13-4-2-5-14(10-13)21-18(26)16-7-9-25(24-16)15-6-3-8-19-11-15/h2,4-5,7,9-10,15,19H,3,6,8,11H2,1H3,(H,21,26)(H,20,22,23). The summed E-state index contributed by atoms with van der Waals surface area (Å²) < 4.78 is 1.88. The molecule has 1 unspecified atom stereocenters. The van der Waals surface area contributed by atoms with Crippen molar-refractivity contribution in [2.45, 2.75) is 25.8 Å². The molecule has 2 aromatic heterocycles. The second-order valence-electron chi connectivity index (χ2n) is 6.46. The van der Waals surface area contributed by atoms with Crippen LogP contribution in [-0.2, 0) is 0 Å². The molecule has 4 rings (SSSR count). The van der Waals surface area contributed by atoms with Crippen LogP contribution in [0.5, 0.6) is 0 Å². The number of hydrogen-bond donors (Lipinski definition) is 3. The number of piperidine rings is 1. The number of nitrogens with one attached hydrogen (secondary N) is 3. The average molecular weight is 351 g/mol. The van der Waals surface area contributed by atoms with Crippen LogP contribution in [-0.4, -0.2) is 44.0 Å². The number of aromatic amines is 1. The molecule has 0 saturated carbocycles. The lowest BCUT2D eigenvalue weighted by atomic mass is 10.1. The number of H-pyrrole nitrogens is 1. The molecule has 3 heterocycles. The first-order valence-electron chi connectivity index (χ1n) is 8.76. The molecular formula is C18H21N7O. The lowest BCUT2D eigenvalue weighted by Crippen LogP contribution is -2.32. The number of carbonyl (C=O) groups excluding carboxylic acids is 1. The Morgan fingerprint density at radius 2 is 2.27 bits per heavy atom. The fourth-order valence-electron chi connectivity index (χ4n) is 3.12.